The number of terminal acetylenes is 1. The molecular formula is C17H28N2O4. The number of hydrogen-bond acceptors (Lipinski definition) is 4. The van der Waals surface area contributed by atoms with Crippen molar-refractivity contribution >= 4 is 12.0 Å². The minimum Gasteiger partial charge on any atom is -0.444 e. The third-order valence-electron chi connectivity index (χ3n) is 3.47. The third kappa shape index (κ3) is 8.46. The smallest absolute Gasteiger partial charge is 0.407 e. The number of carbonyl (C=O) groups excluding carboxylic acids is 2. The van der Waals surface area contributed by atoms with Crippen LogP contribution in [0.15, 0.2) is 0 Å². The molecule has 6 heteroatoms. The molecule has 1 fully saturated rings. The van der Waals surface area contributed by atoms with Gasteiger partial charge < -0.3 is 20.1 Å². The van der Waals surface area contributed by atoms with E-state index in [1.165, 1.54) is 0 Å². The highest BCUT2D eigenvalue weighted by atomic mass is 16.6. The first-order valence-corrected chi connectivity index (χ1v) is 8.06. The van der Waals surface area contributed by atoms with E-state index < -0.39 is 5.60 Å². The van der Waals surface area contributed by atoms with Crippen molar-refractivity contribution < 1.29 is 19.1 Å². The average Bonchev–Trinajstić information content (AvgIpc) is 2.44. The van der Waals surface area contributed by atoms with Crippen molar-refractivity contribution in [3.63, 3.8) is 0 Å². The van der Waals surface area contributed by atoms with Gasteiger partial charge in [-0.3, -0.25) is 4.79 Å². The lowest BCUT2D eigenvalue weighted by Gasteiger charge is -2.30. The lowest BCUT2D eigenvalue weighted by molar-refractivity contribution is -0.128. The lowest BCUT2D eigenvalue weighted by atomic mass is 9.93. The molecule has 1 saturated carbocycles. The summed E-state index contributed by atoms with van der Waals surface area (Å²) in [7, 11) is 0. The Morgan fingerprint density at radius 2 is 1.87 bits per heavy atom. The number of nitrogens with one attached hydrogen (secondary N) is 2. The molecule has 1 aliphatic rings. The van der Waals surface area contributed by atoms with E-state index in [0.29, 0.717) is 0 Å². The molecule has 1 atom stereocenters. The Hall–Kier alpha value is -1.74. The van der Waals surface area contributed by atoms with Gasteiger partial charge in [-0.25, -0.2) is 4.79 Å². The SMILES string of the molecule is C#C[C@@H](C)NC(=O)COC1CCC(NC(=O)OC(C)(C)C)CC1. The van der Waals surface area contributed by atoms with Crippen molar-refractivity contribution in [1.82, 2.24) is 10.6 Å². The van der Waals surface area contributed by atoms with Gasteiger partial charge in [0.25, 0.3) is 0 Å². The number of amides is 2. The maximum Gasteiger partial charge on any atom is 0.407 e. The molecule has 1 rings (SSSR count). The van der Waals surface area contributed by atoms with E-state index >= 15 is 0 Å². The normalized spacial score (nSPS) is 22.6. The van der Waals surface area contributed by atoms with E-state index in [-0.39, 0.29) is 36.8 Å². The Morgan fingerprint density at radius 1 is 1.26 bits per heavy atom. The summed E-state index contributed by atoms with van der Waals surface area (Å²) in [5, 5.41) is 5.53. The van der Waals surface area contributed by atoms with Gasteiger partial charge in [-0.2, -0.15) is 0 Å². The summed E-state index contributed by atoms with van der Waals surface area (Å²) < 4.78 is 10.8. The lowest BCUT2D eigenvalue weighted by Crippen LogP contribution is -2.42. The fraction of sp³-hybridized carbons (Fsp3) is 0.765. The van der Waals surface area contributed by atoms with Crippen LogP contribution < -0.4 is 10.6 Å². The van der Waals surface area contributed by atoms with Crippen molar-refractivity contribution in [3.05, 3.63) is 0 Å². The first-order chi connectivity index (χ1) is 10.7. The zero-order chi connectivity index (χ0) is 17.5. The Morgan fingerprint density at radius 3 is 2.39 bits per heavy atom. The first-order valence-electron chi connectivity index (χ1n) is 8.06. The second-order valence-corrected chi connectivity index (χ2v) is 6.89. The molecule has 0 aromatic carbocycles. The second-order valence-electron chi connectivity index (χ2n) is 6.89. The van der Waals surface area contributed by atoms with E-state index in [4.69, 9.17) is 15.9 Å². The van der Waals surface area contributed by atoms with Crippen LogP contribution in [-0.4, -0.2) is 42.4 Å². The molecule has 0 aromatic rings. The average molecular weight is 324 g/mol. The number of ether oxygens (including phenoxy) is 2. The quantitative estimate of drug-likeness (QED) is 0.758. The van der Waals surface area contributed by atoms with Crippen LogP contribution in [0.4, 0.5) is 4.79 Å². The molecule has 23 heavy (non-hydrogen) atoms. The maximum absolute atomic E-state index is 11.7. The zero-order valence-electron chi connectivity index (χ0n) is 14.5. The second kappa shape index (κ2) is 8.78. The van der Waals surface area contributed by atoms with E-state index in [9.17, 15) is 9.59 Å². The van der Waals surface area contributed by atoms with Gasteiger partial charge in [-0.15, -0.1) is 6.42 Å². The van der Waals surface area contributed by atoms with Gasteiger partial charge in [0, 0.05) is 6.04 Å². The maximum atomic E-state index is 11.7. The molecule has 2 N–H and O–H groups in total. The van der Waals surface area contributed by atoms with Gasteiger partial charge in [0.05, 0.1) is 12.1 Å². The van der Waals surface area contributed by atoms with Crippen molar-refractivity contribution in [2.24, 2.45) is 0 Å². The molecular weight excluding hydrogens is 296 g/mol. The van der Waals surface area contributed by atoms with Gasteiger partial charge in [0.2, 0.25) is 5.91 Å². The molecule has 0 bridgehead atoms. The molecule has 0 aliphatic heterocycles. The molecule has 0 heterocycles. The van der Waals surface area contributed by atoms with Crippen molar-refractivity contribution in [2.75, 3.05) is 6.61 Å². The summed E-state index contributed by atoms with van der Waals surface area (Å²) in [6, 6.07) is -0.195. The highest BCUT2D eigenvalue weighted by Gasteiger charge is 2.25. The molecule has 0 radical (unpaired) electrons. The summed E-state index contributed by atoms with van der Waals surface area (Å²) in [4.78, 5) is 23.3. The van der Waals surface area contributed by atoms with Crippen LogP contribution in [-0.2, 0) is 14.3 Å². The van der Waals surface area contributed by atoms with Crippen molar-refractivity contribution in [1.29, 1.82) is 0 Å². The molecule has 2 amide bonds. The van der Waals surface area contributed by atoms with E-state index in [1.807, 2.05) is 20.8 Å². The van der Waals surface area contributed by atoms with Gasteiger partial charge >= 0.3 is 6.09 Å². The van der Waals surface area contributed by atoms with Gasteiger partial charge in [0.1, 0.15) is 12.2 Å². The topological polar surface area (TPSA) is 76.7 Å². The molecule has 130 valence electrons. The predicted octanol–water partition coefficient (Wildman–Crippen LogP) is 1.98. The molecule has 0 aromatic heterocycles. The Balaban J connectivity index is 2.22. The molecule has 6 nitrogen and oxygen atoms in total. The van der Waals surface area contributed by atoms with Crippen LogP contribution in [0.5, 0.6) is 0 Å². The van der Waals surface area contributed by atoms with Crippen LogP contribution in [0, 0.1) is 12.3 Å². The number of hydrogen-bond donors (Lipinski definition) is 2. The predicted molar refractivity (Wildman–Crippen MR) is 87.8 cm³/mol. The molecule has 0 unspecified atom stereocenters. The fourth-order valence-electron chi connectivity index (χ4n) is 2.37. The fourth-order valence-corrected chi connectivity index (χ4v) is 2.37. The summed E-state index contributed by atoms with van der Waals surface area (Å²) in [6.45, 7) is 7.27. The van der Waals surface area contributed by atoms with Crippen LogP contribution in [0.1, 0.15) is 53.4 Å². The van der Waals surface area contributed by atoms with Gasteiger partial charge in [-0.05, 0) is 53.4 Å². The van der Waals surface area contributed by atoms with Crippen LogP contribution in [0.3, 0.4) is 0 Å². The van der Waals surface area contributed by atoms with Gasteiger partial charge in [0.15, 0.2) is 0 Å². The van der Waals surface area contributed by atoms with Gasteiger partial charge in [-0.1, -0.05) is 5.92 Å². The third-order valence-corrected chi connectivity index (χ3v) is 3.47. The molecule has 0 spiro atoms. The summed E-state index contributed by atoms with van der Waals surface area (Å²) in [6.07, 6.45) is 8.09. The highest BCUT2D eigenvalue weighted by molar-refractivity contribution is 5.77. The molecule has 1 aliphatic carbocycles. The standard InChI is InChI=1S/C17H28N2O4/c1-6-12(2)18-15(20)11-22-14-9-7-13(8-10-14)19-16(21)23-17(3,4)5/h1,12-14H,7-11H2,2-5H3,(H,18,20)(H,19,21)/t12-,13?,14?/m1/s1. The Kier molecular flexibility index (Phi) is 7.37. The van der Waals surface area contributed by atoms with Crippen molar-refractivity contribution in [2.45, 2.75) is 77.2 Å². The zero-order valence-corrected chi connectivity index (χ0v) is 14.5. The highest BCUT2D eigenvalue weighted by Crippen LogP contribution is 2.21. The first kappa shape index (κ1) is 19.3. The van der Waals surface area contributed by atoms with Crippen LogP contribution in [0.25, 0.3) is 0 Å². The Bertz CT molecular complexity index is 442. The number of carbonyl (C=O) groups is 2. The Labute approximate surface area is 138 Å². The minimum absolute atomic E-state index is 0.0147. The number of rotatable bonds is 5. The minimum atomic E-state index is -0.493. The van der Waals surface area contributed by atoms with Crippen molar-refractivity contribution in [3.8, 4) is 12.3 Å². The largest absolute Gasteiger partial charge is 0.444 e. The molecule has 0 saturated heterocycles. The van der Waals surface area contributed by atoms with Crippen LogP contribution >= 0.6 is 0 Å². The monoisotopic (exact) mass is 324 g/mol. The van der Waals surface area contributed by atoms with E-state index in [1.54, 1.807) is 6.92 Å². The van der Waals surface area contributed by atoms with Crippen LogP contribution in [0.2, 0.25) is 0 Å². The summed E-state index contributed by atoms with van der Waals surface area (Å²) in [5.41, 5.74) is -0.493. The summed E-state index contributed by atoms with van der Waals surface area (Å²) in [5.74, 6) is 2.23. The number of alkyl carbamates (subject to hydrolysis) is 1. The summed E-state index contributed by atoms with van der Waals surface area (Å²) >= 11 is 0. The van der Waals surface area contributed by atoms with E-state index in [0.717, 1.165) is 25.7 Å². The van der Waals surface area contributed by atoms with E-state index in [2.05, 4.69) is 16.6 Å².